The standard InChI is InChI=1S/C18H17F3N2O3S/c1-27(25,26)15-4-2-12(3-5-15)16-10-13(18(19,20)21)11-22-17(16)23-8-6-14(24)7-9-23/h2-5,10-11H,6-9H2,1H3. The Balaban J connectivity index is 2.08. The second-order valence-corrected chi connectivity index (χ2v) is 8.43. The molecule has 0 radical (unpaired) electrons. The molecule has 144 valence electrons. The molecule has 1 aromatic carbocycles. The molecule has 0 unspecified atom stereocenters. The summed E-state index contributed by atoms with van der Waals surface area (Å²) < 4.78 is 62.7. The summed E-state index contributed by atoms with van der Waals surface area (Å²) in [6.07, 6.45) is -2.08. The van der Waals surface area contributed by atoms with Gasteiger partial charge in [-0.1, -0.05) is 12.1 Å². The van der Waals surface area contributed by atoms with E-state index in [0.29, 0.717) is 37.3 Å². The van der Waals surface area contributed by atoms with Gasteiger partial charge in [0.05, 0.1) is 10.5 Å². The number of anilines is 1. The van der Waals surface area contributed by atoms with E-state index in [1.807, 2.05) is 0 Å². The van der Waals surface area contributed by atoms with Gasteiger partial charge in [0.15, 0.2) is 9.84 Å². The van der Waals surface area contributed by atoms with Crippen LogP contribution in [0.15, 0.2) is 41.4 Å². The molecule has 0 atom stereocenters. The lowest BCUT2D eigenvalue weighted by Crippen LogP contribution is -2.34. The number of hydrogen-bond donors (Lipinski definition) is 0. The van der Waals surface area contributed by atoms with E-state index in [9.17, 15) is 26.4 Å². The number of carbonyl (C=O) groups is 1. The highest BCUT2D eigenvalue weighted by Gasteiger charge is 2.32. The van der Waals surface area contributed by atoms with Crippen LogP contribution in [0, 0.1) is 0 Å². The fraction of sp³-hybridized carbons (Fsp3) is 0.333. The van der Waals surface area contributed by atoms with E-state index in [4.69, 9.17) is 0 Å². The summed E-state index contributed by atoms with van der Waals surface area (Å²) in [6.45, 7) is 0.761. The molecule has 0 amide bonds. The molecule has 2 aromatic rings. The van der Waals surface area contributed by atoms with Crippen molar-refractivity contribution < 1.29 is 26.4 Å². The lowest BCUT2D eigenvalue weighted by molar-refractivity contribution is -0.137. The van der Waals surface area contributed by atoms with Gasteiger partial charge in [0.25, 0.3) is 0 Å². The average Bonchev–Trinajstić information content (AvgIpc) is 2.60. The van der Waals surface area contributed by atoms with Crippen molar-refractivity contribution in [3.63, 3.8) is 0 Å². The first kappa shape index (κ1) is 19.3. The van der Waals surface area contributed by atoms with Crippen molar-refractivity contribution in [1.29, 1.82) is 0 Å². The van der Waals surface area contributed by atoms with Crippen LogP contribution in [-0.2, 0) is 20.8 Å². The van der Waals surface area contributed by atoms with E-state index in [0.717, 1.165) is 18.5 Å². The van der Waals surface area contributed by atoms with Crippen molar-refractivity contribution in [2.24, 2.45) is 0 Å². The zero-order valence-corrected chi connectivity index (χ0v) is 15.3. The van der Waals surface area contributed by atoms with Crippen LogP contribution < -0.4 is 4.90 Å². The highest BCUT2D eigenvalue weighted by atomic mass is 32.2. The first-order valence-electron chi connectivity index (χ1n) is 8.20. The van der Waals surface area contributed by atoms with Crippen LogP contribution in [0.1, 0.15) is 18.4 Å². The third-order valence-corrected chi connectivity index (χ3v) is 5.54. The Bertz CT molecular complexity index is 960. The number of piperidine rings is 1. The number of sulfone groups is 1. The quantitative estimate of drug-likeness (QED) is 0.793. The molecule has 0 N–H and O–H groups in total. The predicted octanol–water partition coefficient (Wildman–Crippen LogP) is 3.34. The minimum atomic E-state index is -4.55. The van der Waals surface area contributed by atoms with Crippen molar-refractivity contribution in [3.05, 3.63) is 42.1 Å². The molecule has 1 fully saturated rings. The number of aromatic nitrogens is 1. The molecule has 0 saturated carbocycles. The van der Waals surface area contributed by atoms with Gasteiger partial charge in [0.2, 0.25) is 0 Å². The number of hydrogen-bond acceptors (Lipinski definition) is 5. The summed E-state index contributed by atoms with van der Waals surface area (Å²) in [5, 5.41) is 0. The maximum atomic E-state index is 13.2. The molecule has 0 bridgehead atoms. The smallest absolute Gasteiger partial charge is 0.355 e. The van der Waals surface area contributed by atoms with Crippen molar-refractivity contribution in [1.82, 2.24) is 4.98 Å². The molecule has 1 aromatic heterocycles. The minimum Gasteiger partial charge on any atom is -0.355 e. The Labute approximate surface area is 154 Å². The summed E-state index contributed by atoms with van der Waals surface area (Å²) >= 11 is 0. The molecular formula is C18H17F3N2O3S. The van der Waals surface area contributed by atoms with Crippen molar-refractivity contribution in [2.75, 3.05) is 24.2 Å². The van der Waals surface area contributed by atoms with E-state index >= 15 is 0 Å². The van der Waals surface area contributed by atoms with Gasteiger partial charge >= 0.3 is 6.18 Å². The monoisotopic (exact) mass is 398 g/mol. The molecule has 27 heavy (non-hydrogen) atoms. The molecule has 0 aliphatic carbocycles. The molecule has 2 heterocycles. The SMILES string of the molecule is CS(=O)(=O)c1ccc(-c2cc(C(F)(F)F)cnc2N2CCC(=O)CC2)cc1. The van der Waals surface area contributed by atoms with Crippen molar-refractivity contribution in [3.8, 4) is 11.1 Å². The fourth-order valence-corrected chi connectivity index (χ4v) is 3.56. The Morgan fingerprint density at radius 3 is 2.19 bits per heavy atom. The number of carbonyl (C=O) groups excluding carboxylic acids is 1. The lowest BCUT2D eigenvalue weighted by atomic mass is 10.0. The Kier molecular flexibility index (Phi) is 4.98. The second kappa shape index (κ2) is 6.95. The summed E-state index contributed by atoms with van der Waals surface area (Å²) in [5.74, 6) is 0.458. The van der Waals surface area contributed by atoms with Gasteiger partial charge in [0, 0.05) is 43.9 Å². The predicted molar refractivity (Wildman–Crippen MR) is 94.2 cm³/mol. The highest BCUT2D eigenvalue weighted by Crippen LogP contribution is 2.37. The third-order valence-electron chi connectivity index (χ3n) is 4.41. The van der Waals surface area contributed by atoms with Crippen LogP contribution in [0.25, 0.3) is 11.1 Å². The van der Waals surface area contributed by atoms with E-state index < -0.39 is 21.6 Å². The van der Waals surface area contributed by atoms with Gasteiger partial charge in [0.1, 0.15) is 11.6 Å². The second-order valence-electron chi connectivity index (χ2n) is 6.42. The number of nitrogens with zero attached hydrogens (tertiary/aromatic N) is 2. The zero-order valence-electron chi connectivity index (χ0n) is 14.5. The van der Waals surface area contributed by atoms with Crippen LogP contribution in [0.2, 0.25) is 0 Å². The Morgan fingerprint density at radius 2 is 1.67 bits per heavy atom. The van der Waals surface area contributed by atoms with Crippen LogP contribution >= 0.6 is 0 Å². The largest absolute Gasteiger partial charge is 0.417 e. The number of benzene rings is 1. The van der Waals surface area contributed by atoms with Gasteiger partial charge in [-0.2, -0.15) is 13.2 Å². The molecule has 1 aliphatic rings. The number of halogens is 3. The molecular weight excluding hydrogens is 381 g/mol. The number of rotatable bonds is 3. The molecule has 9 heteroatoms. The van der Waals surface area contributed by atoms with Crippen LogP contribution in [0.3, 0.4) is 0 Å². The summed E-state index contributed by atoms with van der Waals surface area (Å²) in [4.78, 5) is 17.3. The summed E-state index contributed by atoms with van der Waals surface area (Å²) in [7, 11) is -3.41. The van der Waals surface area contributed by atoms with Crippen LogP contribution in [0.5, 0.6) is 0 Å². The number of alkyl halides is 3. The maximum Gasteiger partial charge on any atom is 0.417 e. The van der Waals surface area contributed by atoms with Gasteiger partial charge in [-0.3, -0.25) is 4.79 Å². The topological polar surface area (TPSA) is 67.3 Å². The minimum absolute atomic E-state index is 0.0799. The number of ketones is 1. The van der Waals surface area contributed by atoms with Crippen LogP contribution in [-0.4, -0.2) is 38.5 Å². The zero-order chi connectivity index (χ0) is 19.8. The Hall–Kier alpha value is -2.42. The Morgan fingerprint density at radius 1 is 1.07 bits per heavy atom. The van der Waals surface area contributed by atoms with Crippen molar-refractivity contribution >= 4 is 21.4 Å². The van der Waals surface area contributed by atoms with E-state index in [1.165, 1.54) is 24.3 Å². The normalized spacial score (nSPS) is 15.9. The van der Waals surface area contributed by atoms with Gasteiger partial charge < -0.3 is 4.90 Å². The molecule has 1 saturated heterocycles. The van der Waals surface area contributed by atoms with E-state index in [1.54, 1.807) is 4.90 Å². The molecule has 5 nitrogen and oxygen atoms in total. The molecule has 0 spiro atoms. The average molecular weight is 398 g/mol. The third kappa shape index (κ3) is 4.29. The first-order chi connectivity index (χ1) is 12.6. The first-order valence-corrected chi connectivity index (χ1v) is 10.1. The fourth-order valence-electron chi connectivity index (χ4n) is 2.93. The summed E-state index contributed by atoms with van der Waals surface area (Å²) in [6, 6.07) is 6.65. The molecule has 1 aliphatic heterocycles. The van der Waals surface area contributed by atoms with Gasteiger partial charge in [-0.15, -0.1) is 0 Å². The number of Topliss-reactive ketones (excluding diaryl/α,β-unsaturated/α-hetero) is 1. The molecule has 3 rings (SSSR count). The highest BCUT2D eigenvalue weighted by molar-refractivity contribution is 7.90. The van der Waals surface area contributed by atoms with Crippen LogP contribution in [0.4, 0.5) is 19.0 Å². The van der Waals surface area contributed by atoms with E-state index in [2.05, 4.69) is 4.98 Å². The lowest BCUT2D eigenvalue weighted by Gasteiger charge is -2.29. The maximum absolute atomic E-state index is 13.2. The number of pyridine rings is 1. The summed E-state index contributed by atoms with van der Waals surface area (Å²) in [5.41, 5.74) is -0.214. The van der Waals surface area contributed by atoms with Crippen molar-refractivity contribution in [2.45, 2.75) is 23.9 Å². The van der Waals surface area contributed by atoms with Gasteiger partial charge in [-0.05, 0) is 23.8 Å². The van der Waals surface area contributed by atoms with Gasteiger partial charge in [-0.25, -0.2) is 13.4 Å². The van der Waals surface area contributed by atoms with E-state index in [-0.39, 0.29) is 16.2 Å².